The van der Waals surface area contributed by atoms with Gasteiger partial charge < -0.3 is 30.2 Å². The molecule has 0 fully saturated rings. The average molecular weight is 743 g/mol. The summed E-state index contributed by atoms with van der Waals surface area (Å²) >= 11 is 13.6. The SMILES string of the molecule is COc1cc(/C=C(\NC(=O)c2ccccc2)C(=O)Nc2ccc(SC(C(=O)Nc3ccc(Cl)c(Cl)c3)c3ccccc3)cc2)cc(OC)c1OC. The summed E-state index contributed by atoms with van der Waals surface area (Å²) in [6, 6.07) is 33.2. The number of halogens is 2. The first-order chi connectivity index (χ1) is 24.7. The van der Waals surface area contributed by atoms with Gasteiger partial charge >= 0.3 is 0 Å². The Morgan fingerprint density at radius 1 is 0.686 bits per heavy atom. The average Bonchev–Trinajstić information content (AvgIpc) is 3.15. The maximum Gasteiger partial charge on any atom is 0.272 e. The van der Waals surface area contributed by atoms with E-state index in [4.69, 9.17) is 37.4 Å². The minimum absolute atomic E-state index is 0.0281. The summed E-state index contributed by atoms with van der Waals surface area (Å²) in [4.78, 5) is 41.2. The van der Waals surface area contributed by atoms with Crippen LogP contribution in [0.25, 0.3) is 6.08 Å². The number of amides is 3. The van der Waals surface area contributed by atoms with Gasteiger partial charge in [-0.2, -0.15) is 0 Å². The van der Waals surface area contributed by atoms with Crippen molar-refractivity contribution in [2.45, 2.75) is 10.1 Å². The number of thioether (sulfide) groups is 1. The van der Waals surface area contributed by atoms with Crippen LogP contribution in [0.2, 0.25) is 10.0 Å². The Morgan fingerprint density at radius 2 is 1.29 bits per heavy atom. The van der Waals surface area contributed by atoms with Gasteiger partial charge in [-0.3, -0.25) is 14.4 Å². The zero-order valence-electron chi connectivity index (χ0n) is 27.7. The molecule has 0 aromatic heterocycles. The third kappa shape index (κ3) is 9.64. The molecule has 0 spiro atoms. The molecule has 3 amide bonds. The highest BCUT2D eigenvalue weighted by Gasteiger charge is 2.23. The number of benzene rings is 5. The highest BCUT2D eigenvalue weighted by Crippen LogP contribution is 2.39. The zero-order chi connectivity index (χ0) is 36.3. The molecule has 0 bridgehead atoms. The van der Waals surface area contributed by atoms with Gasteiger partial charge in [0.05, 0.1) is 31.4 Å². The minimum atomic E-state index is -0.609. The fraction of sp³-hybridized carbons (Fsp3) is 0.103. The van der Waals surface area contributed by atoms with E-state index >= 15 is 0 Å². The van der Waals surface area contributed by atoms with Crippen LogP contribution in [0.5, 0.6) is 17.2 Å². The van der Waals surface area contributed by atoms with Crippen LogP contribution in [-0.4, -0.2) is 39.1 Å². The Kier molecular flexibility index (Phi) is 12.6. The first kappa shape index (κ1) is 36.9. The largest absolute Gasteiger partial charge is 0.493 e. The molecule has 5 aromatic rings. The maximum absolute atomic E-state index is 13.7. The van der Waals surface area contributed by atoms with E-state index in [2.05, 4.69) is 16.0 Å². The number of methoxy groups -OCH3 is 3. The van der Waals surface area contributed by atoms with E-state index in [1.807, 2.05) is 30.3 Å². The summed E-state index contributed by atoms with van der Waals surface area (Å²) in [5.74, 6) is -0.151. The number of hydrogen-bond donors (Lipinski definition) is 3. The van der Waals surface area contributed by atoms with E-state index in [1.165, 1.54) is 39.2 Å². The lowest BCUT2D eigenvalue weighted by Gasteiger charge is -2.18. The first-order valence-electron chi connectivity index (χ1n) is 15.5. The van der Waals surface area contributed by atoms with E-state index in [1.54, 1.807) is 84.9 Å². The molecule has 12 heteroatoms. The Bertz CT molecular complexity index is 2020. The Morgan fingerprint density at radius 3 is 1.88 bits per heavy atom. The van der Waals surface area contributed by atoms with Gasteiger partial charge in [-0.05, 0) is 83.9 Å². The van der Waals surface area contributed by atoms with Crippen molar-refractivity contribution in [1.82, 2.24) is 5.32 Å². The smallest absolute Gasteiger partial charge is 0.272 e. The summed E-state index contributed by atoms with van der Waals surface area (Å²) in [6.45, 7) is 0. The number of carbonyl (C=O) groups is 3. The highest BCUT2D eigenvalue weighted by atomic mass is 35.5. The molecular formula is C39H33Cl2N3O6S. The number of rotatable bonds is 13. The van der Waals surface area contributed by atoms with Crippen LogP contribution in [0.3, 0.4) is 0 Å². The minimum Gasteiger partial charge on any atom is -0.493 e. The molecule has 260 valence electrons. The van der Waals surface area contributed by atoms with Crippen LogP contribution < -0.4 is 30.2 Å². The first-order valence-corrected chi connectivity index (χ1v) is 17.1. The van der Waals surface area contributed by atoms with Crippen molar-refractivity contribution < 1.29 is 28.6 Å². The standard InChI is InChI=1S/C39H33Cl2N3O6S/c1-48-33-21-24(22-34(49-2)35(33)50-3)20-32(44-37(45)26-12-8-5-9-13-26)38(46)42-27-14-17-29(18-15-27)51-36(25-10-6-4-7-11-25)39(47)43-28-16-19-30(40)31(41)23-28/h4-23,36H,1-3H3,(H,42,46)(H,43,47)(H,44,45)/b32-20-. The maximum atomic E-state index is 13.7. The van der Waals surface area contributed by atoms with Crippen LogP contribution in [0.1, 0.15) is 26.7 Å². The topological polar surface area (TPSA) is 115 Å². The van der Waals surface area contributed by atoms with Crippen LogP contribution in [-0.2, 0) is 9.59 Å². The fourth-order valence-electron chi connectivity index (χ4n) is 4.93. The molecule has 0 aliphatic carbocycles. The summed E-state index contributed by atoms with van der Waals surface area (Å²) < 4.78 is 16.4. The van der Waals surface area contributed by atoms with E-state index in [-0.39, 0.29) is 11.6 Å². The van der Waals surface area contributed by atoms with Gasteiger partial charge in [-0.25, -0.2) is 0 Å². The molecule has 1 unspecified atom stereocenters. The number of anilines is 2. The monoisotopic (exact) mass is 741 g/mol. The van der Waals surface area contributed by atoms with Crippen molar-refractivity contribution in [3.8, 4) is 17.2 Å². The van der Waals surface area contributed by atoms with Crippen LogP contribution in [0.15, 0.2) is 126 Å². The number of carbonyl (C=O) groups excluding carboxylic acids is 3. The van der Waals surface area contributed by atoms with E-state index < -0.39 is 17.1 Å². The zero-order valence-corrected chi connectivity index (χ0v) is 30.1. The van der Waals surface area contributed by atoms with Crippen molar-refractivity contribution in [2.24, 2.45) is 0 Å². The molecule has 3 N–H and O–H groups in total. The highest BCUT2D eigenvalue weighted by molar-refractivity contribution is 8.00. The van der Waals surface area contributed by atoms with Gasteiger partial charge in [0.2, 0.25) is 11.7 Å². The van der Waals surface area contributed by atoms with Crippen LogP contribution in [0, 0.1) is 0 Å². The third-order valence-corrected chi connectivity index (χ3v) is 9.43. The number of ether oxygens (including phenoxy) is 3. The molecular weight excluding hydrogens is 709 g/mol. The van der Waals surface area contributed by atoms with E-state index in [0.717, 1.165) is 10.5 Å². The predicted molar refractivity (Wildman–Crippen MR) is 203 cm³/mol. The number of hydrogen-bond acceptors (Lipinski definition) is 7. The van der Waals surface area contributed by atoms with Gasteiger partial charge in [0.1, 0.15) is 10.9 Å². The molecule has 0 aliphatic heterocycles. The normalized spacial score (nSPS) is 11.6. The van der Waals surface area contributed by atoms with Crippen molar-refractivity contribution in [2.75, 3.05) is 32.0 Å². The summed E-state index contributed by atoms with van der Waals surface area (Å²) in [5.41, 5.74) is 2.64. The van der Waals surface area contributed by atoms with Gasteiger partial charge in [0.15, 0.2) is 11.5 Å². The van der Waals surface area contributed by atoms with Crippen LogP contribution >= 0.6 is 35.0 Å². The summed E-state index contributed by atoms with van der Waals surface area (Å²) in [5, 5.41) is 8.62. The van der Waals surface area contributed by atoms with Gasteiger partial charge in [-0.15, -0.1) is 11.8 Å². The molecule has 0 saturated heterocycles. The second-order valence-corrected chi connectivity index (χ2v) is 12.8. The van der Waals surface area contributed by atoms with E-state index in [0.29, 0.717) is 49.8 Å². The third-order valence-electron chi connectivity index (χ3n) is 7.42. The molecule has 0 aliphatic rings. The Balaban J connectivity index is 1.38. The van der Waals surface area contributed by atoms with Crippen LogP contribution in [0.4, 0.5) is 11.4 Å². The van der Waals surface area contributed by atoms with Crippen molar-refractivity contribution in [3.05, 3.63) is 148 Å². The summed E-state index contributed by atoms with van der Waals surface area (Å²) in [7, 11) is 4.47. The van der Waals surface area contributed by atoms with Crippen molar-refractivity contribution >= 4 is 70.1 Å². The lowest BCUT2D eigenvalue weighted by atomic mass is 10.1. The van der Waals surface area contributed by atoms with Crippen molar-refractivity contribution in [3.63, 3.8) is 0 Å². The molecule has 5 aromatic carbocycles. The Hall–Kier alpha value is -5.42. The molecule has 0 radical (unpaired) electrons. The predicted octanol–water partition coefficient (Wildman–Crippen LogP) is 8.90. The van der Waals surface area contributed by atoms with Gasteiger partial charge in [0.25, 0.3) is 11.8 Å². The molecule has 0 saturated carbocycles. The lowest BCUT2D eigenvalue weighted by Crippen LogP contribution is -2.30. The second kappa shape index (κ2) is 17.5. The molecule has 0 heterocycles. The fourth-order valence-corrected chi connectivity index (χ4v) is 6.25. The second-order valence-electron chi connectivity index (χ2n) is 10.8. The van der Waals surface area contributed by atoms with Crippen molar-refractivity contribution in [1.29, 1.82) is 0 Å². The lowest BCUT2D eigenvalue weighted by molar-refractivity contribution is -0.116. The molecule has 51 heavy (non-hydrogen) atoms. The Labute approximate surface area is 309 Å². The molecule has 1 atom stereocenters. The number of nitrogens with one attached hydrogen (secondary N) is 3. The summed E-state index contributed by atoms with van der Waals surface area (Å²) in [6.07, 6.45) is 1.52. The van der Waals surface area contributed by atoms with Gasteiger partial charge in [0, 0.05) is 21.8 Å². The quantitative estimate of drug-likeness (QED) is 0.0816. The van der Waals surface area contributed by atoms with Gasteiger partial charge in [-0.1, -0.05) is 71.7 Å². The molecule has 5 rings (SSSR count). The molecule has 9 nitrogen and oxygen atoms in total. The van der Waals surface area contributed by atoms with E-state index in [9.17, 15) is 14.4 Å².